The Kier molecular flexibility index (Phi) is 21.5. The highest BCUT2D eigenvalue weighted by Crippen LogP contribution is 2.09. The number of ketones is 1. The molecule has 0 saturated heterocycles. The van der Waals surface area contributed by atoms with Gasteiger partial charge in [-0.15, -0.1) is 0 Å². The number of benzene rings is 2. The smallest absolute Gasteiger partial charge is 0.130 e. The van der Waals surface area contributed by atoms with Crippen molar-refractivity contribution in [2.24, 2.45) is 29.4 Å². The minimum absolute atomic E-state index is 0.287. The second-order valence-electron chi connectivity index (χ2n) is 11.9. The molecule has 0 unspecified atom stereocenters. The SMILES string of the molecule is CC(=O)CC(C)C.CC(C)CCC(=N)N.Cc1ccc(CC(C)C)cc1.Cc1ccc(CC(C)C)cc1. The van der Waals surface area contributed by atoms with Crippen LogP contribution in [0.3, 0.4) is 0 Å². The molecule has 0 aliphatic rings. The molecule has 0 bridgehead atoms. The van der Waals surface area contributed by atoms with E-state index in [-0.39, 0.29) is 5.78 Å². The number of nitrogens with one attached hydrogen (secondary N) is 1. The molecule has 3 nitrogen and oxygen atoms in total. The van der Waals surface area contributed by atoms with Gasteiger partial charge in [-0.25, -0.2) is 0 Å². The first-order valence-electron chi connectivity index (χ1n) is 14.1. The number of aryl methyl sites for hydroxylation is 2. The monoisotopic (exact) mass is 510 g/mol. The quantitative estimate of drug-likeness (QED) is 0.260. The highest BCUT2D eigenvalue weighted by molar-refractivity contribution is 5.76. The molecule has 2 aromatic carbocycles. The third-order valence-electron chi connectivity index (χ3n) is 5.22. The van der Waals surface area contributed by atoms with Crippen molar-refractivity contribution in [3.8, 4) is 0 Å². The lowest BCUT2D eigenvalue weighted by molar-refractivity contribution is -0.117. The number of amidine groups is 1. The number of hydrogen-bond donors (Lipinski definition) is 2. The van der Waals surface area contributed by atoms with Crippen LogP contribution in [0.5, 0.6) is 0 Å². The Balaban J connectivity index is 0. The van der Waals surface area contributed by atoms with Crippen LogP contribution < -0.4 is 5.73 Å². The fourth-order valence-corrected chi connectivity index (χ4v) is 3.41. The lowest BCUT2D eigenvalue weighted by Gasteiger charge is -2.04. The van der Waals surface area contributed by atoms with Crippen molar-refractivity contribution >= 4 is 11.6 Å². The van der Waals surface area contributed by atoms with Gasteiger partial charge in [-0.1, -0.05) is 115 Å². The fourth-order valence-electron chi connectivity index (χ4n) is 3.41. The maximum Gasteiger partial charge on any atom is 0.130 e. The summed E-state index contributed by atoms with van der Waals surface area (Å²) in [6.45, 7) is 23.2. The van der Waals surface area contributed by atoms with E-state index in [0.717, 1.165) is 31.1 Å². The summed E-state index contributed by atoms with van der Waals surface area (Å²) in [6, 6.07) is 17.6. The minimum atomic E-state index is 0.287. The van der Waals surface area contributed by atoms with E-state index in [2.05, 4.69) is 104 Å². The molecule has 0 fully saturated rings. The van der Waals surface area contributed by atoms with E-state index in [0.29, 0.717) is 17.7 Å². The molecule has 3 N–H and O–H groups in total. The molecule has 0 atom stereocenters. The lowest BCUT2D eigenvalue weighted by atomic mass is 10.0. The number of Topliss-reactive ketones (excluding diaryl/α,β-unsaturated/α-hetero) is 1. The maximum absolute atomic E-state index is 10.3. The number of carbonyl (C=O) groups is 1. The van der Waals surface area contributed by atoms with Crippen molar-refractivity contribution in [3.63, 3.8) is 0 Å². The van der Waals surface area contributed by atoms with Crippen molar-refractivity contribution in [3.05, 3.63) is 70.8 Å². The van der Waals surface area contributed by atoms with E-state index in [1.807, 2.05) is 13.8 Å². The third kappa shape index (κ3) is 28.0. The predicted molar refractivity (Wildman–Crippen MR) is 166 cm³/mol. The summed E-state index contributed by atoms with van der Waals surface area (Å²) >= 11 is 0. The van der Waals surface area contributed by atoms with Gasteiger partial charge < -0.3 is 10.5 Å². The van der Waals surface area contributed by atoms with Crippen LogP contribution in [-0.4, -0.2) is 11.6 Å². The molecule has 0 radical (unpaired) electrons. The average molecular weight is 511 g/mol. The molecular weight excluding hydrogens is 452 g/mol. The Morgan fingerprint density at radius 1 is 0.676 bits per heavy atom. The molecule has 37 heavy (non-hydrogen) atoms. The van der Waals surface area contributed by atoms with Crippen LogP contribution in [0.25, 0.3) is 0 Å². The van der Waals surface area contributed by atoms with Crippen LogP contribution in [0.2, 0.25) is 0 Å². The fraction of sp³-hybridized carbons (Fsp3) is 0.588. The van der Waals surface area contributed by atoms with Crippen LogP contribution in [0.15, 0.2) is 48.5 Å². The zero-order valence-electron chi connectivity index (χ0n) is 25.9. The van der Waals surface area contributed by atoms with Gasteiger partial charge in [0.25, 0.3) is 0 Å². The van der Waals surface area contributed by atoms with Gasteiger partial charge in [-0.05, 0) is 74.8 Å². The van der Waals surface area contributed by atoms with E-state index < -0.39 is 0 Å². The molecule has 210 valence electrons. The minimum Gasteiger partial charge on any atom is -0.388 e. The van der Waals surface area contributed by atoms with Crippen LogP contribution in [0, 0.1) is 42.9 Å². The summed E-state index contributed by atoms with van der Waals surface area (Å²) in [7, 11) is 0. The summed E-state index contributed by atoms with van der Waals surface area (Å²) in [6.07, 6.45) is 4.90. The Morgan fingerprint density at radius 3 is 1.19 bits per heavy atom. The molecule has 0 amide bonds. The normalized spacial score (nSPS) is 10.2. The Morgan fingerprint density at radius 2 is 1.03 bits per heavy atom. The predicted octanol–water partition coefficient (Wildman–Crippen LogP) is 9.37. The molecule has 0 aliphatic heterocycles. The Labute approximate surface area is 230 Å². The third-order valence-corrected chi connectivity index (χ3v) is 5.22. The van der Waals surface area contributed by atoms with E-state index in [1.165, 1.54) is 35.1 Å². The number of nitrogens with two attached hydrogens (primary N) is 1. The van der Waals surface area contributed by atoms with Gasteiger partial charge in [0.05, 0.1) is 5.84 Å². The van der Waals surface area contributed by atoms with Gasteiger partial charge >= 0.3 is 0 Å². The first-order valence-corrected chi connectivity index (χ1v) is 14.1. The van der Waals surface area contributed by atoms with Crippen molar-refractivity contribution < 1.29 is 4.79 Å². The summed E-state index contributed by atoms with van der Waals surface area (Å²) < 4.78 is 0. The molecule has 0 spiro atoms. The number of carbonyl (C=O) groups excluding carboxylic acids is 1. The molecule has 0 saturated carbocycles. The maximum atomic E-state index is 10.3. The highest BCUT2D eigenvalue weighted by Gasteiger charge is 1.97. The topological polar surface area (TPSA) is 66.9 Å². The molecule has 2 aromatic rings. The first-order chi connectivity index (χ1) is 17.1. The highest BCUT2D eigenvalue weighted by atomic mass is 16.1. The van der Waals surface area contributed by atoms with Crippen molar-refractivity contribution in [2.45, 2.75) is 108 Å². The molecule has 0 aliphatic carbocycles. The number of hydrogen-bond acceptors (Lipinski definition) is 2. The van der Waals surface area contributed by atoms with Gasteiger partial charge in [0.15, 0.2) is 0 Å². The Hall–Kier alpha value is -2.42. The van der Waals surface area contributed by atoms with E-state index in [9.17, 15) is 4.79 Å². The molecule has 3 heteroatoms. The summed E-state index contributed by atoms with van der Waals surface area (Å²) in [5.41, 5.74) is 10.7. The zero-order valence-corrected chi connectivity index (χ0v) is 25.9. The molecule has 0 heterocycles. The summed E-state index contributed by atoms with van der Waals surface area (Å²) in [4.78, 5) is 10.3. The lowest BCUT2D eigenvalue weighted by Crippen LogP contribution is -2.09. The second kappa shape index (κ2) is 21.6. The second-order valence-corrected chi connectivity index (χ2v) is 11.9. The largest absolute Gasteiger partial charge is 0.388 e. The molecule has 0 aromatic heterocycles. The van der Waals surface area contributed by atoms with Crippen molar-refractivity contribution in [1.29, 1.82) is 5.41 Å². The number of rotatable bonds is 9. The van der Waals surface area contributed by atoms with Gasteiger partial charge in [0, 0.05) is 12.8 Å². The van der Waals surface area contributed by atoms with Crippen molar-refractivity contribution in [1.82, 2.24) is 0 Å². The van der Waals surface area contributed by atoms with Gasteiger partial charge in [0.1, 0.15) is 5.78 Å². The van der Waals surface area contributed by atoms with Crippen LogP contribution in [0.1, 0.15) is 104 Å². The van der Waals surface area contributed by atoms with Gasteiger partial charge in [-0.2, -0.15) is 0 Å². The van der Waals surface area contributed by atoms with Crippen LogP contribution in [0.4, 0.5) is 0 Å². The van der Waals surface area contributed by atoms with Crippen molar-refractivity contribution in [2.75, 3.05) is 0 Å². The average Bonchev–Trinajstić information content (AvgIpc) is 2.75. The van der Waals surface area contributed by atoms with E-state index in [1.54, 1.807) is 6.92 Å². The first kappa shape index (κ1) is 36.7. The summed E-state index contributed by atoms with van der Waals surface area (Å²) in [5, 5.41) is 6.87. The van der Waals surface area contributed by atoms with Crippen LogP contribution in [-0.2, 0) is 17.6 Å². The molecular formula is C34H58N2O. The summed E-state index contributed by atoms with van der Waals surface area (Å²) in [5.74, 6) is 3.31. The van der Waals surface area contributed by atoms with Gasteiger partial charge in [-0.3, -0.25) is 5.41 Å². The standard InChI is InChI=1S/2C11H16.C6H14N2.C6H12O/c2*1-9(2)8-11-6-4-10(3)5-7-11;1-5(2)3-4-6(7)8;1-5(2)4-6(3)7/h2*4-7,9H,8H2,1-3H3;5H,3-4H2,1-2H3,(H3,7,8);5H,4H2,1-3H3. The van der Waals surface area contributed by atoms with Crippen LogP contribution >= 0.6 is 0 Å². The van der Waals surface area contributed by atoms with E-state index in [4.69, 9.17) is 11.1 Å². The zero-order chi connectivity index (χ0) is 29.0. The molecule has 2 rings (SSSR count). The van der Waals surface area contributed by atoms with E-state index >= 15 is 0 Å². The van der Waals surface area contributed by atoms with Gasteiger partial charge in [0.2, 0.25) is 0 Å². The Bertz CT molecular complexity index is 780.